The molecule has 0 unspecified atom stereocenters. The van der Waals surface area contributed by atoms with Crippen LogP contribution in [-0.2, 0) is 7.05 Å². The number of rotatable bonds is 5. The van der Waals surface area contributed by atoms with Crippen molar-refractivity contribution in [1.82, 2.24) is 19.7 Å². The van der Waals surface area contributed by atoms with E-state index >= 15 is 0 Å². The normalized spacial score (nSPS) is 11.0. The number of aromatic nitrogens is 4. The van der Waals surface area contributed by atoms with Crippen molar-refractivity contribution in [3.05, 3.63) is 44.7 Å². The maximum Gasteiger partial charge on any atom is 0.387 e. The summed E-state index contributed by atoms with van der Waals surface area (Å²) in [4.78, 5) is 30.0. The van der Waals surface area contributed by atoms with Gasteiger partial charge in [0, 0.05) is 18.8 Å². The van der Waals surface area contributed by atoms with Gasteiger partial charge in [0.2, 0.25) is 5.82 Å². The molecule has 1 N–H and O–H groups in total. The number of hydrogen-bond donors (Lipinski definition) is 1. The highest BCUT2D eigenvalue weighted by Crippen LogP contribution is 2.34. The lowest BCUT2D eigenvalue weighted by Crippen LogP contribution is -2.31. The first-order valence-corrected chi connectivity index (χ1v) is 7.59. The Bertz CT molecular complexity index is 1100. The van der Waals surface area contributed by atoms with Gasteiger partial charge in [-0.2, -0.15) is 13.8 Å². The van der Waals surface area contributed by atoms with Crippen molar-refractivity contribution in [2.75, 3.05) is 7.11 Å². The second-order valence-corrected chi connectivity index (χ2v) is 5.44. The highest BCUT2D eigenvalue weighted by Gasteiger charge is 2.21. The van der Waals surface area contributed by atoms with Crippen molar-refractivity contribution in [3.63, 3.8) is 0 Å². The van der Waals surface area contributed by atoms with Crippen molar-refractivity contribution in [1.29, 1.82) is 0 Å². The lowest BCUT2D eigenvalue weighted by molar-refractivity contribution is -0.0496. The third kappa shape index (κ3) is 3.43. The summed E-state index contributed by atoms with van der Waals surface area (Å²) >= 11 is 0. The largest absolute Gasteiger partial charge is 0.497 e. The minimum atomic E-state index is -3.08. The smallest absolute Gasteiger partial charge is 0.387 e. The van der Waals surface area contributed by atoms with Crippen molar-refractivity contribution < 1.29 is 22.8 Å². The lowest BCUT2D eigenvalue weighted by Gasteiger charge is -2.09. The Morgan fingerprint density at radius 2 is 2.04 bits per heavy atom. The van der Waals surface area contributed by atoms with Crippen LogP contribution < -0.4 is 20.7 Å². The molecule has 11 heteroatoms. The number of benzene rings is 1. The van der Waals surface area contributed by atoms with E-state index in [0.717, 1.165) is 0 Å². The second kappa shape index (κ2) is 7.02. The van der Waals surface area contributed by atoms with Gasteiger partial charge in [-0.05, 0) is 19.1 Å². The van der Waals surface area contributed by atoms with E-state index in [-0.39, 0.29) is 28.6 Å². The van der Waals surface area contributed by atoms with Gasteiger partial charge in [-0.1, -0.05) is 5.16 Å². The van der Waals surface area contributed by atoms with Gasteiger partial charge in [-0.3, -0.25) is 9.78 Å². The molecule has 3 aromatic rings. The van der Waals surface area contributed by atoms with E-state index in [9.17, 15) is 18.4 Å². The fourth-order valence-electron chi connectivity index (χ4n) is 2.43. The number of nitrogens with one attached hydrogen (secondary N) is 1. The average molecular weight is 380 g/mol. The quantitative estimate of drug-likeness (QED) is 0.717. The predicted octanol–water partition coefficient (Wildman–Crippen LogP) is 1.71. The highest BCUT2D eigenvalue weighted by molar-refractivity contribution is 5.67. The first-order chi connectivity index (χ1) is 12.8. The van der Waals surface area contributed by atoms with Gasteiger partial charge in [0.05, 0.1) is 12.7 Å². The third-order valence-corrected chi connectivity index (χ3v) is 3.90. The summed E-state index contributed by atoms with van der Waals surface area (Å²) in [6, 6.07) is 4.16. The molecule has 2 heterocycles. The topological polar surface area (TPSA) is 112 Å². The van der Waals surface area contributed by atoms with E-state index in [2.05, 4.69) is 19.9 Å². The van der Waals surface area contributed by atoms with Crippen LogP contribution in [0.15, 0.2) is 32.3 Å². The van der Waals surface area contributed by atoms with Crippen LogP contribution in [0.1, 0.15) is 5.69 Å². The van der Waals surface area contributed by atoms with Crippen LogP contribution in [0.4, 0.5) is 8.78 Å². The number of ether oxygens (including phenoxy) is 2. The van der Waals surface area contributed by atoms with Crippen LogP contribution in [0, 0.1) is 6.92 Å². The molecule has 0 aliphatic carbocycles. The predicted molar refractivity (Wildman–Crippen MR) is 89.0 cm³/mol. The lowest BCUT2D eigenvalue weighted by atomic mass is 10.2. The molecule has 3 rings (SSSR count). The maximum atomic E-state index is 12.7. The van der Waals surface area contributed by atoms with E-state index in [1.165, 1.54) is 36.9 Å². The molecule has 142 valence electrons. The zero-order valence-electron chi connectivity index (χ0n) is 14.4. The number of nitrogens with zero attached hydrogens (tertiary/aromatic N) is 3. The van der Waals surface area contributed by atoms with E-state index < -0.39 is 17.9 Å². The SMILES string of the molecule is COc1ccc(-c2nc(-c3c(C)n(C)c(=O)[nH]c3=O)no2)c(OC(F)F)c1. The molecule has 0 spiro atoms. The summed E-state index contributed by atoms with van der Waals surface area (Å²) in [5, 5.41) is 3.72. The summed E-state index contributed by atoms with van der Waals surface area (Å²) in [7, 11) is 2.84. The molecule has 2 aromatic heterocycles. The zero-order chi connectivity index (χ0) is 19.7. The average Bonchev–Trinajstić information content (AvgIpc) is 3.08. The molecule has 0 bridgehead atoms. The molecule has 0 amide bonds. The van der Waals surface area contributed by atoms with Crippen LogP contribution in [0.3, 0.4) is 0 Å². The number of H-pyrrole nitrogens is 1. The van der Waals surface area contributed by atoms with E-state index in [1.54, 1.807) is 6.92 Å². The van der Waals surface area contributed by atoms with Gasteiger partial charge in [-0.25, -0.2) is 4.79 Å². The van der Waals surface area contributed by atoms with Crippen molar-refractivity contribution in [3.8, 4) is 34.3 Å². The van der Waals surface area contributed by atoms with Crippen LogP contribution in [0.5, 0.6) is 11.5 Å². The molecule has 0 saturated carbocycles. The van der Waals surface area contributed by atoms with E-state index in [4.69, 9.17) is 9.26 Å². The summed E-state index contributed by atoms with van der Waals surface area (Å²) in [6.45, 7) is -1.53. The summed E-state index contributed by atoms with van der Waals surface area (Å²) in [6.07, 6.45) is 0. The third-order valence-electron chi connectivity index (χ3n) is 3.90. The van der Waals surface area contributed by atoms with Crippen LogP contribution >= 0.6 is 0 Å². The van der Waals surface area contributed by atoms with Crippen LogP contribution in [0.2, 0.25) is 0 Å². The number of methoxy groups -OCH3 is 1. The molecule has 1 aromatic carbocycles. The molecule has 0 radical (unpaired) electrons. The van der Waals surface area contributed by atoms with Gasteiger partial charge < -0.3 is 18.6 Å². The Hall–Kier alpha value is -3.50. The van der Waals surface area contributed by atoms with Crippen LogP contribution in [0.25, 0.3) is 22.8 Å². The fraction of sp³-hybridized carbons (Fsp3) is 0.250. The van der Waals surface area contributed by atoms with Crippen molar-refractivity contribution in [2.45, 2.75) is 13.5 Å². The number of aromatic amines is 1. The summed E-state index contributed by atoms with van der Waals surface area (Å²) in [5.41, 5.74) is -0.852. The van der Waals surface area contributed by atoms with Gasteiger partial charge in [0.1, 0.15) is 17.1 Å². The van der Waals surface area contributed by atoms with Crippen molar-refractivity contribution >= 4 is 0 Å². The van der Waals surface area contributed by atoms with Gasteiger partial charge in [0.15, 0.2) is 0 Å². The number of halogens is 2. The molecular formula is C16H14F2N4O5. The Balaban J connectivity index is 2.11. The molecule has 9 nitrogen and oxygen atoms in total. The Morgan fingerprint density at radius 1 is 1.30 bits per heavy atom. The summed E-state index contributed by atoms with van der Waals surface area (Å²) in [5.74, 6) is -0.181. The highest BCUT2D eigenvalue weighted by atomic mass is 19.3. The Morgan fingerprint density at radius 3 is 2.70 bits per heavy atom. The van der Waals surface area contributed by atoms with Crippen molar-refractivity contribution in [2.24, 2.45) is 7.05 Å². The number of alkyl halides is 2. The maximum absolute atomic E-state index is 12.7. The van der Waals surface area contributed by atoms with Gasteiger partial charge in [0.25, 0.3) is 11.4 Å². The molecular weight excluding hydrogens is 366 g/mol. The zero-order valence-corrected chi connectivity index (χ0v) is 14.4. The Kier molecular flexibility index (Phi) is 4.75. The van der Waals surface area contributed by atoms with Gasteiger partial charge >= 0.3 is 12.3 Å². The molecule has 0 atom stereocenters. The standard InChI is InChI=1S/C16H14F2N4O5/c1-7-11(13(23)20-16(24)22(7)2)12-19-14(27-21-12)9-5-4-8(25-3)6-10(9)26-15(17)18/h4-6,15H,1-3H3,(H,20,23,24). The monoisotopic (exact) mass is 380 g/mol. The fourth-order valence-corrected chi connectivity index (χ4v) is 2.43. The molecule has 0 saturated heterocycles. The molecule has 27 heavy (non-hydrogen) atoms. The second-order valence-electron chi connectivity index (χ2n) is 5.44. The first kappa shape index (κ1) is 18.3. The molecule has 0 aliphatic heterocycles. The molecule has 0 aliphatic rings. The Labute approximate surface area is 150 Å². The van der Waals surface area contributed by atoms with E-state index in [0.29, 0.717) is 11.4 Å². The van der Waals surface area contributed by atoms with Crippen LogP contribution in [-0.4, -0.2) is 33.4 Å². The van der Waals surface area contributed by atoms with E-state index in [1.807, 2.05) is 0 Å². The minimum absolute atomic E-state index is 0.0249. The van der Waals surface area contributed by atoms with Gasteiger partial charge in [-0.15, -0.1) is 0 Å². The molecule has 0 fully saturated rings. The summed E-state index contributed by atoms with van der Waals surface area (Å²) < 4.78 is 41.2. The number of hydrogen-bond acceptors (Lipinski definition) is 7. The first-order valence-electron chi connectivity index (χ1n) is 7.59. The minimum Gasteiger partial charge on any atom is -0.497 e.